The van der Waals surface area contributed by atoms with E-state index in [9.17, 15) is 4.79 Å². The Balaban J connectivity index is 1.67. The number of hydrogen-bond acceptors (Lipinski definition) is 1. The second kappa shape index (κ2) is 6.81. The number of aryl methyl sites for hydroxylation is 1. The van der Waals surface area contributed by atoms with Crippen molar-refractivity contribution in [2.24, 2.45) is 5.41 Å². The first-order valence-electron chi connectivity index (χ1n) is 10.2. The zero-order valence-corrected chi connectivity index (χ0v) is 18.3. The quantitative estimate of drug-likeness (QED) is 0.442. The zero-order valence-electron chi connectivity index (χ0n) is 16.8. The Morgan fingerprint density at radius 3 is 2.48 bits per heavy atom. The highest BCUT2D eigenvalue weighted by atomic mass is 79.9. The first-order valence-corrected chi connectivity index (χ1v) is 11.0. The molecule has 0 aliphatic heterocycles. The van der Waals surface area contributed by atoms with Gasteiger partial charge in [0.2, 0.25) is 0 Å². The van der Waals surface area contributed by atoms with E-state index in [4.69, 9.17) is 0 Å². The number of fused-ring (bicyclic) bond motifs is 2. The number of Topliss-reactive ketones (excluding diaryl/α,β-unsaturated/α-hetero) is 1. The predicted molar refractivity (Wildman–Crippen MR) is 122 cm³/mol. The number of allylic oxidation sites excluding steroid dienone is 1. The fraction of sp³-hybridized carbons (Fsp3) is 0.222. The molecule has 1 nitrogen and oxygen atoms in total. The van der Waals surface area contributed by atoms with Crippen LogP contribution in [0.25, 0.3) is 6.08 Å². The van der Waals surface area contributed by atoms with Crippen molar-refractivity contribution in [3.05, 3.63) is 110 Å². The van der Waals surface area contributed by atoms with Crippen LogP contribution in [0.3, 0.4) is 0 Å². The van der Waals surface area contributed by atoms with Crippen molar-refractivity contribution in [2.75, 3.05) is 0 Å². The maximum absolute atomic E-state index is 14.0. The number of carbonyl (C=O) groups excluding carboxylic acids is 1. The van der Waals surface area contributed by atoms with Crippen molar-refractivity contribution in [1.29, 1.82) is 0 Å². The van der Waals surface area contributed by atoms with Crippen molar-refractivity contribution < 1.29 is 4.79 Å². The summed E-state index contributed by atoms with van der Waals surface area (Å²) in [5.41, 5.74) is 9.03. The first kappa shape index (κ1) is 18.6. The lowest BCUT2D eigenvalue weighted by Gasteiger charge is -2.30. The van der Waals surface area contributed by atoms with Gasteiger partial charge < -0.3 is 0 Å². The van der Waals surface area contributed by atoms with Gasteiger partial charge in [-0.1, -0.05) is 82.2 Å². The molecule has 1 atom stereocenters. The van der Waals surface area contributed by atoms with Crippen LogP contribution in [0.4, 0.5) is 0 Å². The maximum atomic E-state index is 14.0. The molecule has 0 bridgehead atoms. The van der Waals surface area contributed by atoms with Crippen LogP contribution in [-0.4, -0.2) is 5.78 Å². The second-order valence-electron chi connectivity index (χ2n) is 8.45. The van der Waals surface area contributed by atoms with Crippen LogP contribution in [0, 0.1) is 19.3 Å². The van der Waals surface area contributed by atoms with Gasteiger partial charge in [0.1, 0.15) is 0 Å². The number of ketones is 1. The van der Waals surface area contributed by atoms with Gasteiger partial charge >= 0.3 is 0 Å². The minimum Gasteiger partial charge on any atom is -0.293 e. The summed E-state index contributed by atoms with van der Waals surface area (Å²) < 4.78 is 1.13. The van der Waals surface area contributed by atoms with E-state index in [2.05, 4.69) is 90.5 Å². The zero-order chi connectivity index (χ0) is 20.2. The SMILES string of the molecule is Cc1cc2c(c(C)c1Br)CC(Cc1ccccc1)(C1=Cc3ccccc3C1)C2=O. The van der Waals surface area contributed by atoms with E-state index in [0.29, 0.717) is 0 Å². The van der Waals surface area contributed by atoms with Crippen LogP contribution in [0.1, 0.15) is 43.7 Å². The minimum absolute atomic E-state index is 0.286. The van der Waals surface area contributed by atoms with Crippen LogP contribution >= 0.6 is 15.9 Å². The standard InChI is InChI=1S/C27H23BrO/c1-17-12-23-24(18(2)25(17)28)16-27(26(23)29,15-19-8-4-3-5-9-19)22-13-20-10-6-7-11-21(20)14-22/h3-13H,14-16H2,1-2H3. The van der Waals surface area contributed by atoms with Gasteiger partial charge in [0.15, 0.2) is 5.78 Å². The summed E-state index contributed by atoms with van der Waals surface area (Å²) in [5, 5.41) is 0. The minimum atomic E-state index is -0.499. The topological polar surface area (TPSA) is 17.1 Å². The van der Waals surface area contributed by atoms with Gasteiger partial charge in [-0.05, 0) is 72.6 Å². The summed E-state index contributed by atoms with van der Waals surface area (Å²) in [7, 11) is 0. The Morgan fingerprint density at radius 2 is 1.72 bits per heavy atom. The van der Waals surface area contributed by atoms with Crippen molar-refractivity contribution >= 4 is 27.8 Å². The van der Waals surface area contributed by atoms with Crippen LogP contribution in [0.5, 0.6) is 0 Å². The summed E-state index contributed by atoms with van der Waals surface area (Å²) in [6, 6.07) is 21.1. The summed E-state index contributed by atoms with van der Waals surface area (Å²) in [4.78, 5) is 14.0. The van der Waals surface area contributed by atoms with Gasteiger partial charge in [-0.25, -0.2) is 0 Å². The lowest BCUT2D eigenvalue weighted by Crippen LogP contribution is -2.33. The molecule has 3 aromatic carbocycles. The lowest BCUT2D eigenvalue weighted by atomic mass is 9.71. The molecule has 5 rings (SSSR count). The normalized spacial score (nSPS) is 19.8. The Labute approximate surface area is 180 Å². The highest BCUT2D eigenvalue weighted by molar-refractivity contribution is 9.10. The van der Waals surface area contributed by atoms with Crippen molar-refractivity contribution in [2.45, 2.75) is 33.1 Å². The van der Waals surface area contributed by atoms with Crippen LogP contribution in [-0.2, 0) is 19.3 Å². The Hall–Kier alpha value is -2.45. The molecule has 3 aromatic rings. The highest BCUT2D eigenvalue weighted by Gasteiger charge is 2.49. The summed E-state index contributed by atoms with van der Waals surface area (Å²) in [5.74, 6) is 0.286. The molecule has 0 saturated heterocycles. The van der Waals surface area contributed by atoms with Crippen LogP contribution in [0.2, 0.25) is 0 Å². The maximum Gasteiger partial charge on any atom is 0.174 e. The smallest absolute Gasteiger partial charge is 0.174 e. The van der Waals surface area contributed by atoms with E-state index >= 15 is 0 Å². The summed E-state index contributed by atoms with van der Waals surface area (Å²) in [6.45, 7) is 4.21. The van der Waals surface area contributed by atoms with Gasteiger partial charge in [0.05, 0.1) is 5.41 Å². The summed E-state index contributed by atoms with van der Waals surface area (Å²) in [6.07, 6.45) is 4.67. The predicted octanol–water partition coefficient (Wildman–Crippen LogP) is 6.67. The van der Waals surface area contributed by atoms with Crippen molar-refractivity contribution in [3.8, 4) is 0 Å². The molecule has 0 spiro atoms. The molecule has 0 radical (unpaired) electrons. The van der Waals surface area contributed by atoms with Crippen LogP contribution < -0.4 is 0 Å². The van der Waals surface area contributed by atoms with E-state index in [0.717, 1.165) is 34.9 Å². The molecule has 1 unspecified atom stereocenters. The van der Waals surface area contributed by atoms with E-state index in [1.165, 1.54) is 33.4 Å². The molecule has 0 N–H and O–H groups in total. The number of carbonyl (C=O) groups is 1. The Kier molecular flexibility index (Phi) is 4.36. The number of benzene rings is 3. The molecule has 0 fully saturated rings. The van der Waals surface area contributed by atoms with Gasteiger partial charge in [-0.2, -0.15) is 0 Å². The average Bonchev–Trinajstić information content (AvgIpc) is 3.28. The third-order valence-electron chi connectivity index (χ3n) is 6.70. The fourth-order valence-corrected chi connectivity index (χ4v) is 5.47. The third kappa shape index (κ3) is 2.85. The molecule has 29 heavy (non-hydrogen) atoms. The number of hydrogen-bond donors (Lipinski definition) is 0. The molecule has 144 valence electrons. The Morgan fingerprint density at radius 1 is 1.00 bits per heavy atom. The van der Waals surface area contributed by atoms with Crippen LogP contribution in [0.15, 0.2) is 70.7 Å². The summed E-state index contributed by atoms with van der Waals surface area (Å²) >= 11 is 3.74. The van der Waals surface area contributed by atoms with Crippen molar-refractivity contribution in [3.63, 3.8) is 0 Å². The van der Waals surface area contributed by atoms with E-state index in [1.807, 2.05) is 6.07 Å². The van der Waals surface area contributed by atoms with Gasteiger partial charge in [-0.3, -0.25) is 4.79 Å². The molecule has 0 saturated carbocycles. The molecule has 2 heteroatoms. The van der Waals surface area contributed by atoms with E-state index in [1.54, 1.807) is 0 Å². The average molecular weight is 443 g/mol. The molecule has 2 aliphatic rings. The van der Waals surface area contributed by atoms with Gasteiger partial charge in [-0.15, -0.1) is 0 Å². The van der Waals surface area contributed by atoms with E-state index < -0.39 is 5.41 Å². The first-order chi connectivity index (χ1) is 14.0. The lowest BCUT2D eigenvalue weighted by molar-refractivity contribution is 0.0861. The monoisotopic (exact) mass is 442 g/mol. The van der Waals surface area contributed by atoms with Gasteiger partial charge in [0, 0.05) is 10.0 Å². The number of halogens is 1. The molecule has 0 aromatic heterocycles. The molecule has 0 amide bonds. The van der Waals surface area contributed by atoms with E-state index in [-0.39, 0.29) is 5.78 Å². The largest absolute Gasteiger partial charge is 0.293 e. The van der Waals surface area contributed by atoms with Crippen molar-refractivity contribution in [1.82, 2.24) is 0 Å². The molecular weight excluding hydrogens is 420 g/mol. The fourth-order valence-electron chi connectivity index (χ4n) is 5.11. The highest BCUT2D eigenvalue weighted by Crippen LogP contribution is 2.50. The van der Waals surface area contributed by atoms with Gasteiger partial charge in [0.25, 0.3) is 0 Å². The second-order valence-corrected chi connectivity index (χ2v) is 9.25. The Bertz CT molecular complexity index is 1170. The third-order valence-corrected chi connectivity index (χ3v) is 7.92. The molecule has 0 heterocycles. The number of rotatable bonds is 3. The molecule has 2 aliphatic carbocycles. The molecular formula is C27H23BrO.